The van der Waals surface area contributed by atoms with Crippen molar-refractivity contribution in [3.05, 3.63) is 76.8 Å². The number of hydrogen-bond acceptors (Lipinski definition) is 4. The minimum Gasteiger partial charge on any atom is -0.493 e. The molecular formula is C20H20N2O2S. The van der Waals surface area contributed by atoms with E-state index in [9.17, 15) is 4.79 Å². The molecule has 0 unspecified atom stereocenters. The number of carbonyl (C=O) groups is 1. The molecule has 0 bridgehead atoms. The SMILES string of the molecule is Cc1ccc(Cc2cnc(NC(=O)CCOc3ccccc3)s2)cc1. The quantitative estimate of drug-likeness (QED) is 0.683. The summed E-state index contributed by atoms with van der Waals surface area (Å²) in [6, 6.07) is 17.9. The second-order valence-corrected chi connectivity index (χ2v) is 6.87. The molecule has 0 atom stereocenters. The van der Waals surface area contributed by atoms with Crippen molar-refractivity contribution in [2.45, 2.75) is 19.8 Å². The average Bonchev–Trinajstić information content (AvgIpc) is 3.05. The summed E-state index contributed by atoms with van der Waals surface area (Å²) in [5, 5.41) is 3.46. The molecule has 3 aromatic rings. The summed E-state index contributed by atoms with van der Waals surface area (Å²) >= 11 is 1.51. The van der Waals surface area contributed by atoms with Gasteiger partial charge in [-0.25, -0.2) is 4.98 Å². The normalized spacial score (nSPS) is 10.4. The number of ether oxygens (including phenoxy) is 1. The van der Waals surface area contributed by atoms with Crippen molar-refractivity contribution in [1.82, 2.24) is 4.98 Å². The molecule has 0 aliphatic heterocycles. The fraction of sp³-hybridized carbons (Fsp3) is 0.200. The zero-order valence-electron chi connectivity index (χ0n) is 14.1. The molecule has 0 radical (unpaired) electrons. The highest BCUT2D eigenvalue weighted by atomic mass is 32.1. The zero-order chi connectivity index (χ0) is 17.5. The van der Waals surface area contributed by atoms with Gasteiger partial charge in [-0.15, -0.1) is 11.3 Å². The van der Waals surface area contributed by atoms with Crippen molar-refractivity contribution < 1.29 is 9.53 Å². The lowest BCUT2D eigenvalue weighted by molar-refractivity contribution is -0.116. The molecule has 1 amide bonds. The van der Waals surface area contributed by atoms with E-state index in [1.165, 1.54) is 22.5 Å². The van der Waals surface area contributed by atoms with Gasteiger partial charge in [0.1, 0.15) is 5.75 Å². The predicted octanol–water partition coefficient (Wildman–Crippen LogP) is 4.45. The van der Waals surface area contributed by atoms with E-state index in [1.54, 1.807) is 0 Å². The number of nitrogens with zero attached hydrogens (tertiary/aromatic N) is 1. The van der Waals surface area contributed by atoms with Gasteiger partial charge < -0.3 is 10.1 Å². The number of rotatable bonds is 7. The maximum Gasteiger partial charge on any atom is 0.229 e. The van der Waals surface area contributed by atoms with Gasteiger partial charge in [-0.3, -0.25) is 4.79 Å². The van der Waals surface area contributed by atoms with Gasteiger partial charge in [-0.1, -0.05) is 48.0 Å². The Balaban J connectivity index is 1.45. The fourth-order valence-electron chi connectivity index (χ4n) is 2.31. The van der Waals surface area contributed by atoms with Crippen LogP contribution in [0.15, 0.2) is 60.8 Å². The Bertz CT molecular complexity index is 813. The van der Waals surface area contributed by atoms with Gasteiger partial charge in [0.2, 0.25) is 5.91 Å². The monoisotopic (exact) mass is 352 g/mol. The first kappa shape index (κ1) is 17.2. The van der Waals surface area contributed by atoms with Gasteiger partial charge in [0.15, 0.2) is 5.13 Å². The van der Waals surface area contributed by atoms with E-state index < -0.39 is 0 Å². The molecule has 0 aliphatic carbocycles. The third kappa shape index (κ3) is 5.43. The fourth-order valence-corrected chi connectivity index (χ4v) is 3.18. The number of amides is 1. The molecule has 0 saturated heterocycles. The minimum absolute atomic E-state index is 0.0906. The molecule has 4 nitrogen and oxygen atoms in total. The lowest BCUT2D eigenvalue weighted by Crippen LogP contribution is -2.14. The second kappa shape index (κ2) is 8.44. The number of benzene rings is 2. The third-order valence-corrected chi connectivity index (χ3v) is 4.55. The Morgan fingerprint density at radius 2 is 1.88 bits per heavy atom. The number of aromatic nitrogens is 1. The summed E-state index contributed by atoms with van der Waals surface area (Å²) in [5.74, 6) is 0.678. The highest BCUT2D eigenvalue weighted by Gasteiger charge is 2.08. The molecule has 3 rings (SSSR count). The molecule has 1 heterocycles. The van der Waals surface area contributed by atoms with Crippen LogP contribution in [0.3, 0.4) is 0 Å². The molecular weight excluding hydrogens is 332 g/mol. The summed E-state index contributed by atoms with van der Waals surface area (Å²) < 4.78 is 5.53. The third-order valence-electron chi connectivity index (χ3n) is 3.64. The second-order valence-electron chi connectivity index (χ2n) is 5.75. The molecule has 0 spiro atoms. The Morgan fingerprint density at radius 1 is 1.12 bits per heavy atom. The Kier molecular flexibility index (Phi) is 5.80. The van der Waals surface area contributed by atoms with Crippen molar-refractivity contribution in [3.8, 4) is 5.75 Å². The average molecular weight is 352 g/mol. The van der Waals surface area contributed by atoms with Crippen LogP contribution in [-0.4, -0.2) is 17.5 Å². The highest BCUT2D eigenvalue weighted by molar-refractivity contribution is 7.15. The molecule has 0 saturated carbocycles. The van der Waals surface area contributed by atoms with Crippen molar-refractivity contribution in [2.75, 3.05) is 11.9 Å². The summed E-state index contributed by atoms with van der Waals surface area (Å²) in [5.41, 5.74) is 2.49. The molecule has 2 aromatic carbocycles. The number of aryl methyl sites for hydroxylation is 1. The maximum atomic E-state index is 12.0. The van der Waals surface area contributed by atoms with Crippen LogP contribution < -0.4 is 10.1 Å². The first-order valence-electron chi connectivity index (χ1n) is 8.17. The molecule has 128 valence electrons. The van der Waals surface area contributed by atoms with E-state index in [2.05, 4.69) is 41.5 Å². The van der Waals surface area contributed by atoms with Crippen molar-refractivity contribution in [2.24, 2.45) is 0 Å². The van der Waals surface area contributed by atoms with Crippen LogP contribution in [0.25, 0.3) is 0 Å². The Labute approximate surface area is 151 Å². The van der Waals surface area contributed by atoms with Gasteiger partial charge in [-0.05, 0) is 24.6 Å². The number of anilines is 1. The van der Waals surface area contributed by atoms with Crippen LogP contribution in [0.5, 0.6) is 5.75 Å². The Morgan fingerprint density at radius 3 is 2.64 bits per heavy atom. The van der Waals surface area contributed by atoms with E-state index >= 15 is 0 Å². The summed E-state index contributed by atoms with van der Waals surface area (Å²) in [4.78, 5) is 17.4. The van der Waals surface area contributed by atoms with Crippen LogP contribution in [0.1, 0.15) is 22.4 Å². The van der Waals surface area contributed by atoms with Crippen LogP contribution in [0, 0.1) is 6.92 Å². The van der Waals surface area contributed by atoms with Crippen LogP contribution in [-0.2, 0) is 11.2 Å². The summed E-state index contributed by atoms with van der Waals surface area (Å²) in [6.07, 6.45) is 2.94. The molecule has 1 aromatic heterocycles. The van der Waals surface area contributed by atoms with Crippen LogP contribution in [0.4, 0.5) is 5.13 Å². The van der Waals surface area contributed by atoms with Gasteiger partial charge in [0.25, 0.3) is 0 Å². The van der Waals surface area contributed by atoms with Gasteiger partial charge in [-0.2, -0.15) is 0 Å². The lowest BCUT2D eigenvalue weighted by atomic mass is 10.1. The standard InChI is InChI=1S/C20H20N2O2S/c1-15-7-9-16(10-8-15)13-18-14-21-20(25-18)22-19(23)11-12-24-17-5-3-2-4-6-17/h2-10,14H,11-13H2,1H3,(H,21,22,23). The van der Waals surface area contributed by atoms with Gasteiger partial charge >= 0.3 is 0 Å². The number of hydrogen-bond donors (Lipinski definition) is 1. The number of thiazole rings is 1. The smallest absolute Gasteiger partial charge is 0.229 e. The first-order valence-corrected chi connectivity index (χ1v) is 8.98. The molecule has 0 aliphatic rings. The van der Waals surface area contributed by atoms with E-state index in [0.29, 0.717) is 18.2 Å². The minimum atomic E-state index is -0.0906. The Hall–Kier alpha value is -2.66. The lowest BCUT2D eigenvalue weighted by Gasteiger charge is -2.05. The predicted molar refractivity (Wildman–Crippen MR) is 101 cm³/mol. The van der Waals surface area contributed by atoms with E-state index in [4.69, 9.17) is 4.74 Å². The molecule has 5 heteroatoms. The summed E-state index contributed by atoms with van der Waals surface area (Å²) in [6.45, 7) is 2.42. The van der Waals surface area contributed by atoms with E-state index in [0.717, 1.165) is 17.0 Å². The van der Waals surface area contributed by atoms with E-state index in [1.807, 2.05) is 36.5 Å². The number of para-hydroxylation sites is 1. The zero-order valence-corrected chi connectivity index (χ0v) is 14.9. The maximum absolute atomic E-state index is 12.0. The number of nitrogens with one attached hydrogen (secondary N) is 1. The van der Waals surface area contributed by atoms with Crippen LogP contribution in [0.2, 0.25) is 0 Å². The number of carbonyl (C=O) groups excluding carboxylic acids is 1. The molecule has 25 heavy (non-hydrogen) atoms. The summed E-state index contributed by atoms with van der Waals surface area (Å²) in [7, 11) is 0. The largest absolute Gasteiger partial charge is 0.493 e. The molecule has 0 fully saturated rings. The van der Waals surface area contributed by atoms with Gasteiger partial charge in [0.05, 0.1) is 13.0 Å². The van der Waals surface area contributed by atoms with Gasteiger partial charge in [0, 0.05) is 17.5 Å². The van der Waals surface area contributed by atoms with Crippen molar-refractivity contribution in [1.29, 1.82) is 0 Å². The molecule has 1 N–H and O–H groups in total. The first-order chi connectivity index (χ1) is 12.2. The highest BCUT2D eigenvalue weighted by Crippen LogP contribution is 2.21. The van der Waals surface area contributed by atoms with E-state index in [-0.39, 0.29) is 5.91 Å². The van der Waals surface area contributed by atoms with Crippen molar-refractivity contribution >= 4 is 22.4 Å². The topological polar surface area (TPSA) is 51.2 Å². The van der Waals surface area contributed by atoms with Crippen LogP contribution >= 0.6 is 11.3 Å². The van der Waals surface area contributed by atoms with Crippen molar-refractivity contribution in [3.63, 3.8) is 0 Å².